The summed E-state index contributed by atoms with van der Waals surface area (Å²) in [6, 6.07) is 1.11. The predicted octanol–water partition coefficient (Wildman–Crippen LogP) is 7.84. The first-order valence-corrected chi connectivity index (χ1v) is 13.0. The normalized spacial score (nSPS) is 12.5. The number of hydrogen-bond donors (Lipinski definition) is 1. The zero-order valence-electron chi connectivity index (χ0n) is 17.0. The molecule has 0 saturated carbocycles. The molecular formula is C21H46OSi. The molecule has 0 aliphatic carbocycles. The number of unbranched alkanes of at least 4 members (excludes halogenated alkanes) is 12. The Labute approximate surface area is 148 Å². The van der Waals surface area contributed by atoms with Crippen molar-refractivity contribution in [2.24, 2.45) is 0 Å². The fourth-order valence-corrected chi connectivity index (χ4v) is 6.97. The van der Waals surface area contributed by atoms with Crippen LogP contribution in [0.2, 0.25) is 17.1 Å². The van der Waals surface area contributed by atoms with E-state index in [1.165, 1.54) is 83.5 Å². The minimum absolute atomic E-state index is 0.500. The van der Waals surface area contributed by atoms with Crippen LogP contribution in [0.15, 0.2) is 0 Å². The van der Waals surface area contributed by atoms with E-state index in [4.69, 9.17) is 0 Å². The quantitative estimate of drug-likeness (QED) is 0.224. The van der Waals surface area contributed by atoms with E-state index in [1.54, 1.807) is 0 Å². The average molecular weight is 343 g/mol. The summed E-state index contributed by atoms with van der Waals surface area (Å²) in [6.45, 7) is 11.2. The zero-order chi connectivity index (χ0) is 17.6. The Balaban J connectivity index is 3.40. The van der Waals surface area contributed by atoms with Crippen LogP contribution in [-0.2, 0) is 0 Å². The van der Waals surface area contributed by atoms with Gasteiger partial charge in [-0.05, 0) is 17.1 Å². The smallest absolute Gasteiger partial charge is 0.193 e. The molecule has 0 spiro atoms. The Kier molecular flexibility index (Phi) is 14.6. The molecule has 0 amide bonds. The van der Waals surface area contributed by atoms with Gasteiger partial charge in [0, 0.05) is 0 Å². The van der Waals surface area contributed by atoms with E-state index in [2.05, 4.69) is 34.6 Å². The van der Waals surface area contributed by atoms with Gasteiger partial charge in [0.25, 0.3) is 0 Å². The van der Waals surface area contributed by atoms with Crippen LogP contribution in [0.1, 0.15) is 118 Å². The first-order chi connectivity index (χ1) is 10.9. The Morgan fingerprint density at radius 2 is 0.870 bits per heavy atom. The van der Waals surface area contributed by atoms with Crippen molar-refractivity contribution >= 4 is 8.32 Å². The van der Waals surface area contributed by atoms with Gasteiger partial charge in [0.15, 0.2) is 8.32 Å². The number of hydrogen-bond acceptors (Lipinski definition) is 1. The SMILES string of the molecule is CCCCCCCCCCCCCCC[Si](O)(C(C)C)C(C)C. The molecule has 0 fully saturated rings. The Morgan fingerprint density at radius 1 is 0.565 bits per heavy atom. The predicted molar refractivity (Wildman–Crippen MR) is 109 cm³/mol. The molecule has 0 bridgehead atoms. The lowest BCUT2D eigenvalue weighted by Gasteiger charge is -2.33. The molecule has 0 heterocycles. The molecule has 0 saturated heterocycles. The Bertz CT molecular complexity index is 242. The molecule has 23 heavy (non-hydrogen) atoms. The molecule has 0 aromatic heterocycles. The third-order valence-corrected chi connectivity index (χ3v) is 10.8. The summed E-state index contributed by atoms with van der Waals surface area (Å²) < 4.78 is 0. The van der Waals surface area contributed by atoms with E-state index >= 15 is 0 Å². The van der Waals surface area contributed by atoms with Crippen LogP contribution >= 0.6 is 0 Å². The molecule has 0 aromatic rings. The third-order valence-electron chi connectivity index (χ3n) is 5.68. The monoisotopic (exact) mass is 342 g/mol. The fraction of sp³-hybridized carbons (Fsp3) is 1.00. The summed E-state index contributed by atoms with van der Waals surface area (Å²) in [5, 5.41) is 0. The second-order valence-corrected chi connectivity index (χ2v) is 13.1. The molecule has 0 atom stereocenters. The summed E-state index contributed by atoms with van der Waals surface area (Å²) in [5.41, 5.74) is 1.000. The van der Waals surface area contributed by atoms with E-state index in [0.717, 1.165) is 6.04 Å². The van der Waals surface area contributed by atoms with Crippen molar-refractivity contribution in [1.82, 2.24) is 0 Å². The summed E-state index contributed by atoms with van der Waals surface area (Å²) in [5.74, 6) is 0. The van der Waals surface area contributed by atoms with Crippen LogP contribution in [0.5, 0.6) is 0 Å². The second-order valence-electron chi connectivity index (χ2n) is 8.29. The Hall–Kier alpha value is 0.177. The minimum Gasteiger partial charge on any atom is -0.431 e. The van der Waals surface area contributed by atoms with E-state index in [1.807, 2.05) is 0 Å². The van der Waals surface area contributed by atoms with E-state index < -0.39 is 8.32 Å². The van der Waals surface area contributed by atoms with E-state index in [0.29, 0.717) is 11.1 Å². The van der Waals surface area contributed by atoms with Gasteiger partial charge in [0.2, 0.25) is 0 Å². The largest absolute Gasteiger partial charge is 0.431 e. The zero-order valence-corrected chi connectivity index (χ0v) is 18.0. The first kappa shape index (κ1) is 23.2. The van der Waals surface area contributed by atoms with Gasteiger partial charge in [-0.25, -0.2) is 0 Å². The molecule has 140 valence electrons. The highest BCUT2D eigenvalue weighted by molar-refractivity contribution is 6.75. The van der Waals surface area contributed by atoms with Gasteiger partial charge in [-0.3, -0.25) is 0 Å². The molecule has 0 unspecified atom stereocenters. The van der Waals surface area contributed by atoms with E-state index in [-0.39, 0.29) is 0 Å². The minimum atomic E-state index is -2.00. The van der Waals surface area contributed by atoms with Gasteiger partial charge in [0.1, 0.15) is 0 Å². The van der Waals surface area contributed by atoms with Gasteiger partial charge < -0.3 is 4.80 Å². The van der Waals surface area contributed by atoms with Crippen molar-refractivity contribution in [3.05, 3.63) is 0 Å². The summed E-state index contributed by atoms with van der Waals surface area (Å²) in [4.78, 5) is 10.9. The van der Waals surface area contributed by atoms with Crippen molar-refractivity contribution in [2.45, 2.75) is 135 Å². The maximum absolute atomic E-state index is 10.9. The van der Waals surface area contributed by atoms with Gasteiger partial charge in [-0.1, -0.05) is 118 Å². The van der Waals surface area contributed by atoms with Crippen LogP contribution in [0.25, 0.3) is 0 Å². The van der Waals surface area contributed by atoms with Crippen molar-refractivity contribution in [2.75, 3.05) is 0 Å². The molecule has 0 aliphatic rings. The highest BCUT2D eigenvalue weighted by Crippen LogP contribution is 2.34. The van der Waals surface area contributed by atoms with Crippen LogP contribution in [0.4, 0.5) is 0 Å². The molecule has 0 rings (SSSR count). The standard InChI is InChI=1S/C21H46OSi/c1-6-7-8-9-10-11-12-13-14-15-16-17-18-19-23(22,20(2)3)21(4)5/h20-22H,6-19H2,1-5H3. The first-order valence-electron chi connectivity index (χ1n) is 10.7. The molecular weight excluding hydrogens is 296 g/mol. The Morgan fingerprint density at radius 3 is 1.17 bits per heavy atom. The highest BCUT2D eigenvalue weighted by Gasteiger charge is 2.37. The van der Waals surface area contributed by atoms with Crippen LogP contribution in [0, 0.1) is 0 Å². The molecule has 0 radical (unpaired) electrons. The average Bonchev–Trinajstić information content (AvgIpc) is 2.51. The molecule has 2 heteroatoms. The number of rotatable bonds is 16. The summed E-state index contributed by atoms with van der Waals surface area (Å²) >= 11 is 0. The van der Waals surface area contributed by atoms with Crippen LogP contribution in [-0.4, -0.2) is 13.1 Å². The maximum Gasteiger partial charge on any atom is 0.193 e. The van der Waals surface area contributed by atoms with Crippen molar-refractivity contribution in [3.63, 3.8) is 0 Å². The summed E-state index contributed by atoms with van der Waals surface area (Å²) in [7, 11) is -2.00. The second kappa shape index (κ2) is 14.5. The van der Waals surface area contributed by atoms with Gasteiger partial charge >= 0.3 is 0 Å². The third kappa shape index (κ3) is 11.4. The lowest BCUT2D eigenvalue weighted by Crippen LogP contribution is -2.41. The van der Waals surface area contributed by atoms with Crippen molar-refractivity contribution < 1.29 is 4.80 Å². The van der Waals surface area contributed by atoms with Crippen LogP contribution < -0.4 is 0 Å². The summed E-state index contributed by atoms with van der Waals surface area (Å²) in [6.07, 6.45) is 18.2. The van der Waals surface area contributed by atoms with Gasteiger partial charge in [-0.15, -0.1) is 0 Å². The lowest BCUT2D eigenvalue weighted by molar-refractivity contribution is 0.480. The molecule has 0 aliphatic heterocycles. The molecule has 0 aromatic carbocycles. The molecule has 1 nitrogen and oxygen atoms in total. The van der Waals surface area contributed by atoms with Gasteiger partial charge in [0.05, 0.1) is 0 Å². The van der Waals surface area contributed by atoms with Crippen molar-refractivity contribution in [3.8, 4) is 0 Å². The van der Waals surface area contributed by atoms with Gasteiger partial charge in [-0.2, -0.15) is 0 Å². The van der Waals surface area contributed by atoms with Crippen molar-refractivity contribution in [1.29, 1.82) is 0 Å². The molecule has 1 N–H and O–H groups in total. The fourth-order valence-electron chi connectivity index (χ4n) is 3.67. The lowest BCUT2D eigenvalue weighted by atomic mass is 10.1. The topological polar surface area (TPSA) is 20.2 Å². The highest BCUT2D eigenvalue weighted by atomic mass is 28.4. The van der Waals surface area contributed by atoms with E-state index in [9.17, 15) is 4.80 Å². The maximum atomic E-state index is 10.9. The van der Waals surface area contributed by atoms with Crippen LogP contribution in [0.3, 0.4) is 0 Å².